The van der Waals surface area contributed by atoms with E-state index < -0.39 is 0 Å². The van der Waals surface area contributed by atoms with Crippen molar-refractivity contribution in [3.05, 3.63) is 34.3 Å². The third-order valence-corrected chi connectivity index (χ3v) is 4.36. The van der Waals surface area contributed by atoms with Crippen molar-refractivity contribution in [1.82, 2.24) is 20.4 Å². The molecule has 1 aromatic carbocycles. The molecule has 1 fully saturated rings. The Kier molecular flexibility index (Phi) is 9.19. The van der Waals surface area contributed by atoms with E-state index >= 15 is 0 Å². The molecule has 1 heterocycles. The lowest BCUT2D eigenvalue weighted by molar-refractivity contribution is -0.124. The Bertz CT molecular complexity index is 625. The first-order valence-electron chi connectivity index (χ1n) is 7.84. The first-order chi connectivity index (χ1) is 11.5. The number of halogens is 2. The van der Waals surface area contributed by atoms with Crippen LogP contribution in [-0.2, 0) is 11.3 Å². The molecule has 2 N–H and O–H groups in total. The summed E-state index contributed by atoms with van der Waals surface area (Å²) in [6, 6.07) is 7.68. The Labute approximate surface area is 173 Å². The molecule has 7 nitrogen and oxygen atoms in total. The monoisotopic (exact) mass is 523 g/mol. The van der Waals surface area contributed by atoms with E-state index in [1.54, 1.807) is 0 Å². The van der Waals surface area contributed by atoms with E-state index in [4.69, 9.17) is 0 Å². The molecule has 2 rings (SSSR count). The molecule has 0 aliphatic carbocycles. The van der Waals surface area contributed by atoms with Gasteiger partial charge in [0.25, 0.3) is 0 Å². The molecule has 1 aliphatic rings. The Morgan fingerprint density at radius 1 is 1.40 bits per heavy atom. The Morgan fingerprint density at radius 3 is 2.72 bits per heavy atom. The summed E-state index contributed by atoms with van der Waals surface area (Å²) in [5.74, 6) is 0.530. The van der Waals surface area contributed by atoms with Crippen molar-refractivity contribution in [2.75, 3.05) is 33.2 Å². The fraction of sp³-hybridized carbons (Fsp3) is 0.438. The van der Waals surface area contributed by atoms with Gasteiger partial charge in [-0.3, -0.25) is 14.7 Å². The first kappa shape index (κ1) is 21.7. The van der Waals surface area contributed by atoms with Gasteiger partial charge in [-0.15, -0.1) is 24.0 Å². The highest BCUT2D eigenvalue weighted by Gasteiger charge is 2.27. The summed E-state index contributed by atoms with van der Waals surface area (Å²) in [4.78, 5) is 30.8. The van der Waals surface area contributed by atoms with Crippen LogP contribution in [0.3, 0.4) is 0 Å². The summed E-state index contributed by atoms with van der Waals surface area (Å²) in [5, 5.41) is 5.73. The smallest absolute Gasteiger partial charge is 0.324 e. The van der Waals surface area contributed by atoms with Crippen molar-refractivity contribution in [2.45, 2.75) is 13.5 Å². The van der Waals surface area contributed by atoms with Gasteiger partial charge in [0, 0.05) is 24.6 Å². The zero-order chi connectivity index (χ0) is 17.5. The number of amides is 3. The van der Waals surface area contributed by atoms with Crippen LogP contribution in [0.5, 0.6) is 0 Å². The lowest BCUT2D eigenvalue weighted by Crippen LogP contribution is -2.39. The van der Waals surface area contributed by atoms with E-state index in [1.165, 1.54) is 4.90 Å². The van der Waals surface area contributed by atoms with Gasteiger partial charge in [0.2, 0.25) is 5.91 Å². The standard InChI is InChI=1S/C16H22BrN5O2.HI/c1-3-18-15(19-8-9-22-14(23)10-20-16(22)24)21(2)11-12-6-4-5-7-13(12)17;/h4-7H,3,8-11H2,1-2H3,(H,18,19)(H,20,24);1H. The number of imide groups is 1. The average Bonchev–Trinajstić information content (AvgIpc) is 2.88. The fourth-order valence-electron chi connectivity index (χ4n) is 2.36. The lowest BCUT2D eigenvalue weighted by atomic mass is 10.2. The molecule has 0 radical (unpaired) electrons. The Morgan fingerprint density at radius 2 is 2.12 bits per heavy atom. The van der Waals surface area contributed by atoms with Gasteiger partial charge in [-0.25, -0.2) is 4.79 Å². The number of hydrogen-bond donors (Lipinski definition) is 2. The van der Waals surface area contributed by atoms with Crippen LogP contribution in [0.25, 0.3) is 0 Å². The maximum Gasteiger partial charge on any atom is 0.324 e. The zero-order valence-corrected chi connectivity index (χ0v) is 18.2. The molecule has 25 heavy (non-hydrogen) atoms. The van der Waals surface area contributed by atoms with Crippen molar-refractivity contribution >= 4 is 57.8 Å². The number of carbonyl (C=O) groups excluding carboxylic acids is 2. The molecule has 0 aromatic heterocycles. The number of urea groups is 1. The number of nitrogens with one attached hydrogen (secondary N) is 2. The third-order valence-electron chi connectivity index (χ3n) is 3.58. The van der Waals surface area contributed by atoms with Crippen molar-refractivity contribution in [3.63, 3.8) is 0 Å². The first-order valence-corrected chi connectivity index (χ1v) is 8.63. The number of carbonyl (C=O) groups is 2. The summed E-state index contributed by atoms with van der Waals surface area (Å²) in [6.45, 7) is 4.15. The quantitative estimate of drug-likeness (QED) is 0.259. The average molecular weight is 524 g/mol. The van der Waals surface area contributed by atoms with Gasteiger partial charge in [0.1, 0.15) is 0 Å². The van der Waals surface area contributed by atoms with E-state index in [0.717, 1.165) is 22.5 Å². The lowest BCUT2D eigenvalue weighted by Gasteiger charge is -2.23. The van der Waals surface area contributed by atoms with E-state index in [0.29, 0.717) is 13.1 Å². The molecule has 0 unspecified atom stereocenters. The van der Waals surface area contributed by atoms with Crippen LogP contribution < -0.4 is 10.6 Å². The summed E-state index contributed by atoms with van der Waals surface area (Å²) in [7, 11) is 1.95. The molecule has 9 heteroatoms. The van der Waals surface area contributed by atoms with Crippen LogP contribution in [0.4, 0.5) is 4.79 Å². The molecule has 1 aromatic rings. The Hall–Kier alpha value is -1.36. The molecular weight excluding hydrogens is 501 g/mol. The maximum atomic E-state index is 11.6. The second-order valence-electron chi connectivity index (χ2n) is 5.39. The minimum absolute atomic E-state index is 0. The van der Waals surface area contributed by atoms with Gasteiger partial charge in [-0.05, 0) is 18.6 Å². The second-order valence-corrected chi connectivity index (χ2v) is 6.24. The molecule has 1 aliphatic heterocycles. The van der Waals surface area contributed by atoms with Crippen LogP contribution >= 0.6 is 39.9 Å². The van der Waals surface area contributed by atoms with Crippen molar-refractivity contribution in [3.8, 4) is 0 Å². The normalized spacial score (nSPS) is 14.2. The van der Waals surface area contributed by atoms with Crippen LogP contribution in [-0.4, -0.2) is 60.9 Å². The highest BCUT2D eigenvalue weighted by Crippen LogP contribution is 2.17. The van der Waals surface area contributed by atoms with Crippen LogP contribution in [0.1, 0.15) is 12.5 Å². The predicted octanol–water partition coefficient (Wildman–Crippen LogP) is 2.02. The number of aliphatic imine (C=N–C) groups is 1. The minimum atomic E-state index is -0.346. The number of guanidine groups is 1. The highest BCUT2D eigenvalue weighted by molar-refractivity contribution is 14.0. The summed E-state index contributed by atoms with van der Waals surface area (Å²) in [6.07, 6.45) is 0. The number of benzene rings is 1. The zero-order valence-electron chi connectivity index (χ0n) is 14.3. The largest absolute Gasteiger partial charge is 0.357 e. The van der Waals surface area contributed by atoms with Crippen LogP contribution in [0.2, 0.25) is 0 Å². The predicted molar refractivity (Wildman–Crippen MR) is 112 cm³/mol. The van der Waals surface area contributed by atoms with E-state index in [-0.39, 0.29) is 49.0 Å². The fourth-order valence-corrected chi connectivity index (χ4v) is 2.77. The topological polar surface area (TPSA) is 77.0 Å². The van der Waals surface area contributed by atoms with E-state index in [2.05, 4.69) is 37.6 Å². The molecule has 3 amide bonds. The summed E-state index contributed by atoms with van der Waals surface area (Å²) < 4.78 is 1.05. The minimum Gasteiger partial charge on any atom is -0.357 e. The number of hydrogen-bond acceptors (Lipinski definition) is 3. The van der Waals surface area contributed by atoms with Gasteiger partial charge in [-0.1, -0.05) is 34.1 Å². The second kappa shape index (κ2) is 10.6. The number of rotatable bonds is 6. The van der Waals surface area contributed by atoms with Crippen LogP contribution in [0, 0.1) is 0 Å². The maximum absolute atomic E-state index is 11.6. The van der Waals surface area contributed by atoms with E-state index in [1.807, 2.05) is 37.1 Å². The summed E-state index contributed by atoms with van der Waals surface area (Å²) >= 11 is 3.55. The third kappa shape index (κ3) is 6.14. The molecule has 0 saturated carbocycles. The van der Waals surface area contributed by atoms with Gasteiger partial charge in [0.05, 0.1) is 19.6 Å². The van der Waals surface area contributed by atoms with Crippen LogP contribution in [0.15, 0.2) is 33.7 Å². The molecule has 138 valence electrons. The highest BCUT2D eigenvalue weighted by atomic mass is 127. The molecule has 0 bridgehead atoms. The van der Waals surface area contributed by atoms with Gasteiger partial charge in [-0.2, -0.15) is 0 Å². The number of nitrogens with zero attached hydrogens (tertiary/aromatic N) is 3. The van der Waals surface area contributed by atoms with E-state index in [9.17, 15) is 9.59 Å². The van der Waals surface area contributed by atoms with Crippen molar-refractivity contribution < 1.29 is 9.59 Å². The van der Waals surface area contributed by atoms with Crippen molar-refractivity contribution in [1.29, 1.82) is 0 Å². The summed E-state index contributed by atoms with van der Waals surface area (Å²) in [5.41, 5.74) is 1.15. The van der Waals surface area contributed by atoms with Gasteiger partial charge in [0.15, 0.2) is 5.96 Å². The van der Waals surface area contributed by atoms with Crippen molar-refractivity contribution in [2.24, 2.45) is 4.99 Å². The molecule has 1 saturated heterocycles. The SMILES string of the molecule is CCNC(=NCCN1C(=O)CNC1=O)N(C)Cc1ccccc1Br.I. The van der Waals surface area contributed by atoms with Gasteiger partial charge >= 0.3 is 6.03 Å². The molecule has 0 spiro atoms. The van der Waals surface area contributed by atoms with Gasteiger partial charge < -0.3 is 15.5 Å². The Balaban J connectivity index is 0.00000312. The molecule has 0 atom stereocenters. The molecular formula is C16H23BrIN5O2.